The molecule has 0 radical (unpaired) electrons. The highest BCUT2D eigenvalue weighted by Crippen LogP contribution is 2.23. The molecule has 24 heavy (non-hydrogen) atoms. The maximum atomic E-state index is 12.1. The smallest absolute Gasteiger partial charge is 0.223 e. The lowest BCUT2D eigenvalue weighted by Crippen LogP contribution is -2.43. The van der Waals surface area contributed by atoms with Crippen molar-refractivity contribution < 1.29 is 4.79 Å². The topological polar surface area (TPSA) is 65.5 Å². The first-order valence-electron chi connectivity index (χ1n) is 9.00. The maximum Gasteiger partial charge on any atom is 0.223 e. The second-order valence-corrected chi connectivity index (χ2v) is 6.40. The van der Waals surface area contributed by atoms with Gasteiger partial charge >= 0.3 is 0 Å². The van der Waals surface area contributed by atoms with Gasteiger partial charge in [0, 0.05) is 26.1 Å². The van der Waals surface area contributed by atoms with E-state index in [0.717, 1.165) is 18.8 Å². The Morgan fingerprint density at radius 3 is 2.46 bits per heavy atom. The van der Waals surface area contributed by atoms with Gasteiger partial charge in [-0.1, -0.05) is 49.6 Å². The average molecular weight is 330 g/mol. The molecule has 5 heteroatoms. The summed E-state index contributed by atoms with van der Waals surface area (Å²) in [6.07, 6.45) is 5.72. The van der Waals surface area contributed by atoms with Crippen LogP contribution in [0.4, 0.5) is 0 Å². The number of amides is 1. The maximum absolute atomic E-state index is 12.1. The molecule has 0 spiro atoms. The molecule has 1 amide bonds. The van der Waals surface area contributed by atoms with Crippen LogP contribution in [0.15, 0.2) is 35.3 Å². The zero-order valence-corrected chi connectivity index (χ0v) is 14.8. The van der Waals surface area contributed by atoms with Gasteiger partial charge in [0.25, 0.3) is 0 Å². The van der Waals surface area contributed by atoms with Gasteiger partial charge in [-0.15, -0.1) is 0 Å². The summed E-state index contributed by atoms with van der Waals surface area (Å²) in [7, 11) is 1.76. The lowest BCUT2D eigenvalue weighted by atomic mass is 9.89. The number of hydrogen-bond acceptors (Lipinski definition) is 2. The Hall–Kier alpha value is -2.04. The predicted molar refractivity (Wildman–Crippen MR) is 98.9 cm³/mol. The van der Waals surface area contributed by atoms with Gasteiger partial charge in [0.2, 0.25) is 5.91 Å². The quantitative estimate of drug-likeness (QED) is 0.427. The third kappa shape index (κ3) is 5.87. The van der Waals surface area contributed by atoms with Crippen LogP contribution in [0.5, 0.6) is 0 Å². The standard InChI is InChI=1S/C19H30N4O/c1-15(16-9-5-3-6-10-16)23-19(20-2)22-14-13-21-18(24)17-11-7-4-8-12-17/h3,5-6,9-10,15,17H,4,7-8,11-14H2,1-2H3,(H,21,24)(H2,20,22,23). The number of hydrogen-bond donors (Lipinski definition) is 3. The Labute approximate surface area is 145 Å². The highest BCUT2D eigenvalue weighted by Gasteiger charge is 2.20. The van der Waals surface area contributed by atoms with Crippen molar-refractivity contribution in [3.63, 3.8) is 0 Å². The lowest BCUT2D eigenvalue weighted by Gasteiger charge is -2.21. The van der Waals surface area contributed by atoms with Gasteiger partial charge in [0.1, 0.15) is 0 Å². The fraction of sp³-hybridized carbons (Fsp3) is 0.579. The number of carbonyl (C=O) groups excluding carboxylic acids is 1. The van der Waals surface area contributed by atoms with Crippen molar-refractivity contribution >= 4 is 11.9 Å². The van der Waals surface area contributed by atoms with Crippen LogP contribution in [0.2, 0.25) is 0 Å². The van der Waals surface area contributed by atoms with Gasteiger partial charge in [-0.05, 0) is 25.3 Å². The van der Waals surface area contributed by atoms with E-state index in [0.29, 0.717) is 13.1 Å². The number of rotatable bonds is 6. The van der Waals surface area contributed by atoms with Crippen LogP contribution in [0.25, 0.3) is 0 Å². The van der Waals surface area contributed by atoms with Crippen LogP contribution >= 0.6 is 0 Å². The first-order valence-corrected chi connectivity index (χ1v) is 9.00. The molecular formula is C19H30N4O. The second-order valence-electron chi connectivity index (χ2n) is 6.40. The summed E-state index contributed by atoms with van der Waals surface area (Å²) >= 11 is 0. The van der Waals surface area contributed by atoms with Gasteiger partial charge < -0.3 is 16.0 Å². The summed E-state index contributed by atoms with van der Waals surface area (Å²) in [6, 6.07) is 10.4. The molecule has 0 heterocycles. The number of benzene rings is 1. The molecule has 1 aromatic carbocycles. The van der Waals surface area contributed by atoms with Crippen LogP contribution in [-0.2, 0) is 4.79 Å². The van der Waals surface area contributed by atoms with E-state index in [-0.39, 0.29) is 17.9 Å². The molecule has 1 aliphatic carbocycles. The summed E-state index contributed by atoms with van der Waals surface area (Å²) in [6.45, 7) is 3.39. The molecule has 0 bridgehead atoms. The van der Waals surface area contributed by atoms with Crippen molar-refractivity contribution in [1.82, 2.24) is 16.0 Å². The molecule has 132 valence electrons. The number of nitrogens with one attached hydrogen (secondary N) is 3. The summed E-state index contributed by atoms with van der Waals surface area (Å²) in [5.74, 6) is 1.17. The van der Waals surface area contributed by atoms with Gasteiger partial charge in [0.05, 0.1) is 6.04 Å². The second kappa shape index (κ2) is 9.96. The Kier molecular flexibility index (Phi) is 7.59. The van der Waals surface area contributed by atoms with Crippen molar-refractivity contribution in [2.45, 2.75) is 45.1 Å². The van der Waals surface area contributed by atoms with Gasteiger partial charge in [-0.2, -0.15) is 0 Å². The summed E-state index contributed by atoms with van der Waals surface area (Å²) < 4.78 is 0. The molecule has 1 fully saturated rings. The van der Waals surface area contributed by atoms with Crippen molar-refractivity contribution in [2.75, 3.05) is 20.1 Å². The molecule has 0 aliphatic heterocycles. The molecule has 3 N–H and O–H groups in total. The monoisotopic (exact) mass is 330 g/mol. The van der Waals surface area contributed by atoms with Gasteiger partial charge in [-0.25, -0.2) is 0 Å². The summed E-state index contributed by atoms with van der Waals surface area (Å²) in [5.41, 5.74) is 1.21. The van der Waals surface area contributed by atoms with E-state index in [2.05, 4.69) is 40.0 Å². The fourth-order valence-corrected chi connectivity index (χ4v) is 3.10. The molecule has 2 rings (SSSR count). The Morgan fingerprint density at radius 2 is 1.79 bits per heavy atom. The lowest BCUT2D eigenvalue weighted by molar-refractivity contribution is -0.125. The van der Waals surface area contributed by atoms with Crippen LogP contribution in [-0.4, -0.2) is 32.0 Å². The molecule has 1 unspecified atom stereocenters. The zero-order chi connectivity index (χ0) is 17.2. The summed E-state index contributed by atoms with van der Waals surface area (Å²) in [5, 5.41) is 9.65. The van der Waals surface area contributed by atoms with Crippen molar-refractivity contribution in [2.24, 2.45) is 10.9 Å². The Bertz CT molecular complexity index is 523. The molecule has 1 saturated carbocycles. The van der Waals surface area contributed by atoms with Crippen molar-refractivity contribution in [1.29, 1.82) is 0 Å². The highest BCUT2D eigenvalue weighted by atomic mass is 16.1. The minimum atomic E-state index is 0.175. The van der Waals surface area contributed by atoms with E-state index < -0.39 is 0 Å². The average Bonchev–Trinajstić information content (AvgIpc) is 2.65. The van der Waals surface area contributed by atoms with Gasteiger partial charge in [0.15, 0.2) is 5.96 Å². The van der Waals surface area contributed by atoms with Crippen LogP contribution in [0.1, 0.15) is 50.6 Å². The molecule has 0 aromatic heterocycles. The van der Waals surface area contributed by atoms with Crippen LogP contribution in [0, 0.1) is 5.92 Å². The summed E-state index contributed by atoms with van der Waals surface area (Å²) in [4.78, 5) is 16.3. The molecule has 1 aromatic rings. The number of nitrogens with zero attached hydrogens (tertiary/aromatic N) is 1. The van der Waals surface area contributed by atoms with E-state index in [4.69, 9.17) is 0 Å². The van der Waals surface area contributed by atoms with E-state index >= 15 is 0 Å². The normalized spacial score (nSPS) is 17.2. The number of guanidine groups is 1. The zero-order valence-electron chi connectivity index (χ0n) is 14.8. The van der Waals surface area contributed by atoms with E-state index in [1.807, 2.05) is 18.2 Å². The minimum absolute atomic E-state index is 0.175. The molecular weight excluding hydrogens is 300 g/mol. The fourth-order valence-electron chi connectivity index (χ4n) is 3.10. The van der Waals surface area contributed by atoms with E-state index in [1.54, 1.807) is 7.05 Å². The largest absolute Gasteiger partial charge is 0.355 e. The first kappa shape index (κ1) is 18.3. The van der Waals surface area contributed by atoms with Crippen molar-refractivity contribution in [3.05, 3.63) is 35.9 Å². The minimum Gasteiger partial charge on any atom is -0.355 e. The third-order valence-electron chi connectivity index (χ3n) is 4.57. The predicted octanol–water partition coefficient (Wildman–Crippen LogP) is 2.61. The Balaban J connectivity index is 1.67. The first-order chi connectivity index (χ1) is 11.7. The van der Waals surface area contributed by atoms with Gasteiger partial charge in [-0.3, -0.25) is 9.79 Å². The molecule has 1 aliphatic rings. The number of aliphatic imine (C=N–C) groups is 1. The van der Waals surface area contributed by atoms with E-state index in [9.17, 15) is 4.79 Å². The SMILES string of the molecule is CN=C(NCCNC(=O)C1CCCCC1)NC(C)c1ccccc1. The van der Waals surface area contributed by atoms with E-state index in [1.165, 1.54) is 24.8 Å². The Morgan fingerprint density at radius 1 is 1.12 bits per heavy atom. The molecule has 1 atom stereocenters. The van der Waals surface area contributed by atoms with Crippen LogP contribution in [0.3, 0.4) is 0 Å². The number of carbonyl (C=O) groups is 1. The van der Waals surface area contributed by atoms with Crippen molar-refractivity contribution in [3.8, 4) is 0 Å². The van der Waals surface area contributed by atoms with Crippen LogP contribution < -0.4 is 16.0 Å². The molecule has 0 saturated heterocycles. The molecule has 5 nitrogen and oxygen atoms in total. The highest BCUT2D eigenvalue weighted by molar-refractivity contribution is 5.80. The third-order valence-corrected chi connectivity index (χ3v) is 4.57.